The Kier molecular flexibility index (Phi) is 5.71. The molecule has 0 unspecified atom stereocenters. The lowest BCUT2D eigenvalue weighted by Gasteiger charge is -2.34. The van der Waals surface area contributed by atoms with Crippen molar-refractivity contribution in [3.8, 4) is 0 Å². The maximum Gasteiger partial charge on any atom is 0.226 e. The number of nitrogens with one attached hydrogen (secondary N) is 1. The summed E-state index contributed by atoms with van der Waals surface area (Å²) in [4.78, 5) is 14.6. The van der Waals surface area contributed by atoms with Gasteiger partial charge in [-0.05, 0) is 43.4 Å². The Hall–Kier alpha value is -2.34. The summed E-state index contributed by atoms with van der Waals surface area (Å²) in [6.45, 7) is 4.64. The van der Waals surface area contributed by atoms with Crippen LogP contribution in [0.15, 0.2) is 36.7 Å². The number of hydrogen-bond acceptors (Lipinski definition) is 4. The fourth-order valence-corrected chi connectivity index (χ4v) is 3.23. The molecule has 1 aliphatic rings. The van der Waals surface area contributed by atoms with E-state index in [9.17, 15) is 9.90 Å². The quantitative estimate of drug-likeness (QED) is 0.846. The smallest absolute Gasteiger partial charge is 0.226 e. The Bertz CT molecular complexity index is 705. The molecule has 2 heterocycles. The van der Waals surface area contributed by atoms with E-state index in [0.717, 1.165) is 42.9 Å². The second-order valence-corrected chi connectivity index (χ2v) is 6.71. The van der Waals surface area contributed by atoms with Crippen LogP contribution in [0.3, 0.4) is 0 Å². The van der Waals surface area contributed by atoms with Gasteiger partial charge in [-0.25, -0.2) is 0 Å². The number of benzene rings is 1. The van der Waals surface area contributed by atoms with Gasteiger partial charge in [0.1, 0.15) is 0 Å². The molecule has 3 rings (SSSR count). The highest BCUT2D eigenvalue weighted by Gasteiger charge is 2.20. The molecule has 1 fully saturated rings. The van der Waals surface area contributed by atoms with Crippen LogP contribution in [0, 0.1) is 12.8 Å². The van der Waals surface area contributed by atoms with Crippen LogP contribution in [0.4, 0.5) is 11.4 Å². The number of amides is 1. The minimum absolute atomic E-state index is 0.00847. The zero-order chi connectivity index (χ0) is 17.6. The van der Waals surface area contributed by atoms with Crippen LogP contribution < -0.4 is 10.2 Å². The zero-order valence-electron chi connectivity index (χ0n) is 14.7. The summed E-state index contributed by atoms with van der Waals surface area (Å²) in [5.74, 6) is 0.390. The molecule has 1 aromatic carbocycles. The molecule has 134 valence electrons. The standard InChI is InChI=1S/C19H26N4O2/c1-15-12-20-23(13-15)11-8-19(25)21-17-4-2-3-5-18(17)22-9-6-16(14-24)7-10-22/h2-5,12-13,16,24H,6-11,14H2,1H3,(H,21,25). The van der Waals surface area contributed by atoms with Crippen LogP contribution in [0.2, 0.25) is 0 Å². The number of carbonyl (C=O) groups excluding carboxylic acids is 1. The summed E-state index contributed by atoms with van der Waals surface area (Å²) >= 11 is 0. The number of nitrogens with zero attached hydrogens (tertiary/aromatic N) is 3. The number of aliphatic hydroxyl groups is 1. The van der Waals surface area contributed by atoms with Crippen LogP contribution >= 0.6 is 0 Å². The fraction of sp³-hybridized carbons (Fsp3) is 0.474. The Morgan fingerprint density at radius 1 is 1.32 bits per heavy atom. The summed E-state index contributed by atoms with van der Waals surface area (Å²) in [7, 11) is 0. The molecule has 25 heavy (non-hydrogen) atoms. The van der Waals surface area contributed by atoms with E-state index < -0.39 is 0 Å². The first-order valence-electron chi connectivity index (χ1n) is 8.89. The number of carbonyl (C=O) groups is 1. The summed E-state index contributed by atoms with van der Waals surface area (Å²) in [5.41, 5.74) is 3.01. The maximum atomic E-state index is 12.3. The predicted octanol–water partition coefficient (Wildman–Crippen LogP) is 2.43. The van der Waals surface area contributed by atoms with E-state index in [4.69, 9.17) is 0 Å². The number of rotatable bonds is 6. The highest BCUT2D eigenvalue weighted by atomic mass is 16.3. The molecular weight excluding hydrogens is 316 g/mol. The summed E-state index contributed by atoms with van der Waals surface area (Å²) < 4.78 is 1.79. The van der Waals surface area contributed by atoms with Crippen molar-refractivity contribution < 1.29 is 9.90 Å². The molecule has 1 saturated heterocycles. The second-order valence-electron chi connectivity index (χ2n) is 6.71. The lowest BCUT2D eigenvalue weighted by Crippen LogP contribution is -2.35. The van der Waals surface area contributed by atoms with Crippen LogP contribution in [0.25, 0.3) is 0 Å². The Balaban J connectivity index is 1.59. The summed E-state index contributed by atoms with van der Waals surface area (Å²) in [6.07, 6.45) is 6.09. The summed E-state index contributed by atoms with van der Waals surface area (Å²) in [6, 6.07) is 7.93. The highest BCUT2D eigenvalue weighted by Crippen LogP contribution is 2.29. The lowest BCUT2D eigenvalue weighted by molar-refractivity contribution is -0.116. The maximum absolute atomic E-state index is 12.3. The topological polar surface area (TPSA) is 70.4 Å². The molecule has 2 aromatic rings. The third-order valence-electron chi connectivity index (χ3n) is 4.72. The molecule has 1 aliphatic heterocycles. The number of para-hydroxylation sites is 2. The average Bonchev–Trinajstić information content (AvgIpc) is 3.06. The van der Waals surface area contributed by atoms with Gasteiger partial charge in [-0.2, -0.15) is 5.10 Å². The number of aromatic nitrogens is 2. The molecule has 0 spiro atoms. The molecule has 0 aliphatic carbocycles. The minimum Gasteiger partial charge on any atom is -0.396 e. The van der Waals surface area contributed by atoms with Crippen LogP contribution in [-0.2, 0) is 11.3 Å². The lowest BCUT2D eigenvalue weighted by atomic mass is 9.97. The highest BCUT2D eigenvalue weighted by molar-refractivity contribution is 5.94. The van der Waals surface area contributed by atoms with Crippen molar-refractivity contribution in [2.24, 2.45) is 5.92 Å². The number of piperidine rings is 1. The van der Waals surface area contributed by atoms with E-state index in [1.807, 2.05) is 37.4 Å². The molecule has 0 radical (unpaired) electrons. The van der Waals surface area contributed by atoms with E-state index in [2.05, 4.69) is 15.3 Å². The van der Waals surface area contributed by atoms with Gasteiger partial charge in [-0.3, -0.25) is 9.48 Å². The van der Waals surface area contributed by atoms with Crippen molar-refractivity contribution in [2.45, 2.75) is 32.7 Å². The average molecular weight is 342 g/mol. The number of aliphatic hydroxyl groups excluding tert-OH is 1. The van der Waals surface area contributed by atoms with E-state index in [1.54, 1.807) is 10.9 Å². The van der Waals surface area contributed by atoms with Gasteiger partial charge < -0.3 is 15.3 Å². The normalized spacial score (nSPS) is 15.4. The van der Waals surface area contributed by atoms with Gasteiger partial charge in [0.2, 0.25) is 5.91 Å². The van der Waals surface area contributed by atoms with E-state index in [1.165, 1.54) is 0 Å². The second kappa shape index (κ2) is 8.16. The molecule has 0 bridgehead atoms. The van der Waals surface area contributed by atoms with Gasteiger partial charge in [-0.1, -0.05) is 12.1 Å². The van der Waals surface area contributed by atoms with Gasteiger partial charge in [0.15, 0.2) is 0 Å². The number of anilines is 2. The zero-order valence-corrected chi connectivity index (χ0v) is 14.7. The third kappa shape index (κ3) is 4.60. The molecule has 6 heteroatoms. The first-order valence-corrected chi connectivity index (χ1v) is 8.89. The first kappa shape index (κ1) is 17.5. The van der Waals surface area contributed by atoms with Crippen molar-refractivity contribution in [3.05, 3.63) is 42.2 Å². The van der Waals surface area contributed by atoms with Gasteiger partial charge in [0.05, 0.1) is 17.6 Å². The summed E-state index contributed by atoms with van der Waals surface area (Å²) in [5, 5.41) is 16.5. The van der Waals surface area contributed by atoms with Crippen LogP contribution in [-0.4, -0.2) is 40.5 Å². The minimum atomic E-state index is -0.00847. The molecule has 1 amide bonds. The first-order chi connectivity index (χ1) is 12.2. The largest absolute Gasteiger partial charge is 0.396 e. The molecular formula is C19H26N4O2. The molecule has 0 saturated carbocycles. The molecule has 2 N–H and O–H groups in total. The third-order valence-corrected chi connectivity index (χ3v) is 4.72. The van der Waals surface area contributed by atoms with Crippen molar-refractivity contribution in [2.75, 3.05) is 29.9 Å². The molecule has 0 atom stereocenters. The van der Waals surface area contributed by atoms with E-state index in [-0.39, 0.29) is 12.5 Å². The predicted molar refractivity (Wildman–Crippen MR) is 98.7 cm³/mol. The van der Waals surface area contributed by atoms with Gasteiger partial charge in [-0.15, -0.1) is 0 Å². The van der Waals surface area contributed by atoms with Crippen molar-refractivity contribution >= 4 is 17.3 Å². The molecule has 1 aromatic heterocycles. The van der Waals surface area contributed by atoms with Gasteiger partial charge in [0.25, 0.3) is 0 Å². The van der Waals surface area contributed by atoms with Crippen molar-refractivity contribution in [1.29, 1.82) is 0 Å². The number of aryl methyl sites for hydroxylation is 2. The fourth-order valence-electron chi connectivity index (χ4n) is 3.23. The Morgan fingerprint density at radius 2 is 2.08 bits per heavy atom. The van der Waals surface area contributed by atoms with Crippen molar-refractivity contribution in [3.63, 3.8) is 0 Å². The Morgan fingerprint density at radius 3 is 2.76 bits per heavy atom. The van der Waals surface area contributed by atoms with E-state index >= 15 is 0 Å². The van der Waals surface area contributed by atoms with Crippen LogP contribution in [0.1, 0.15) is 24.8 Å². The monoisotopic (exact) mass is 342 g/mol. The van der Waals surface area contributed by atoms with Gasteiger partial charge >= 0.3 is 0 Å². The SMILES string of the molecule is Cc1cnn(CCC(=O)Nc2ccccc2N2CCC(CO)CC2)c1. The number of hydrogen-bond donors (Lipinski definition) is 2. The molecule has 6 nitrogen and oxygen atoms in total. The Labute approximate surface area is 148 Å². The van der Waals surface area contributed by atoms with Gasteiger partial charge in [0, 0.05) is 38.9 Å². The van der Waals surface area contributed by atoms with Crippen molar-refractivity contribution in [1.82, 2.24) is 9.78 Å². The van der Waals surface area contributed by atoms with Crippen LogP contribution in [0.5, 0.6) is 0 Å². The van der Waals surface area contributed by atoms with E-state index in [0.29, 0.717) is 18.9 Å².